The Morgan fingerprint density at radius 1 is 1.62 bits per heavy atom. The Morgan fingerprint density at radius 3 is 2.77 bits per heavy atom. The second-order valence-corrected chi connectivity index (χ2v) is 3.67. The first-order chi connectivity index (χ1) is 6.15. The number of hydrogen-bond acceptors (Lipinski definition) is 2. The summed E-state index contributed by atoms with van der Waals surface area (Å²) in [6.45, 7) is 4.19. The van der Waals surface area contributed by atoms with E-state index in [9.17, 15) is 5.11 Å². The zero-order chi connectivity index (χ0) is 9.84. The van der Waals surface area contributed by atoms with E-state index in [0.29, 0.717) is 5.92 Å². The van der Waals surface area contributed by atoms with Crippen molar-refractivity contribution in [1.29, 1.82) is 0 Å². The number of aliphatic hydroxyl groups is 1. The van der Waals surface area contributed by atoms with Crippen molar-refractivity contribution >= 4 is 0 Å². The van der Waals surface area contributed by atoms with Crippen LogP contribution in [0.3, 0.4) is 0 Å². The molecule has 0 aliphatic carbocycles. The fraction of sp³-hybridized carbons (Fsp3) is 0.700. The third-order valence-electron chi connectivity index (χ3n) is 2.31. The number of aryl methyl sites for hydroxylation is 1. The highest BCUT2D eigenvalue weighted by atomic mass is 16.3. The summed E-state index contributed by atoms with van der Waals surface area (Å²) in [6, 6.07) is 0. The maximum absolute atomic E-state index is 9.86. The highest BCUT2D eigenvalue weighted by Gasteiger charge is 2.17. The van der Waals surface area contributed by atoms with Crippen molar-refractivity contribution in [2.45, 2.75) is 32.8 Å². The van der Waals surface area contributed by atoms with Gasteiger partial charge in [0.05, 0.1) is 12.0 Å². The molecule has 1 aromatic heterocycles. The molecule has 1 rings (SSSR count). The Labute approximate surface area is 79.4 Å². The lowest BCUT2D eigenvalue weighted by atomic mass is 9.97. The Bertz CT molecular complexity index is 257. The highest BCUT2D eigenvalue weighted by molar-refractivity contribution is 5.01. The predicted octanol–water partition coefficient (Wildman–Crippen LogP) is 1.89. The number of nitrogens with zero attached hydrogens (tertiary/aromatic N) is 2. The second-order valence-electron chi connectivity index (χ2n) is 3.67. The van der Waals surface area contributed by atoms with E-state index in [0.717, 1.165) is 18.5 Å². The molecule has 0 fully saturated rings. The van der Waals surface area contributed by atoms with Gasteiger partial charge in [-0.3, -0.25) is 0 Å². The molecule has 0 aliphatic rings. The second kappa shape index (κ2) is 4.42. The van der Waals surface area contributed by atoms with Crippen LogP contribution in [0.5, 0.6) is 0 Å². The van der Waals surface area contributed by atoms with Crippen molar-refractivity contribution in [3.8, 4) is 0 Å². The monoisotopic (exact) mass is 182 g/mol. The quantitative estimate of drug-likeness (QED) is 0.772. The molecular formula is C10H18N2O. The molecule has 2 atom stereocenters. The minimum absolute atomic E-state index is 0.292. The smallest absolute Gasteiger partial charge is 0.100 e. The summed E-state index contributed by atoms with van der Waals surface area (Å²) < 4.78 is 1.86. The molecule has 0 saturated carbocycles. The molecule has 2 unspecified atom stereocenters. The van der Waals surface area contributed by atoms with Crippen molar-refractivity contribution < 1.29 is 5.11 Å². The van der Waals surface area contributed by atoms with Gasteiger partial charge in [0, 0.05) is 13.2 Å². The molecule has 3 nitrogen and oxygen atoms in total. The first-order valence-corrected chi connectivity index (χ1v) is 4.81. The van der Waals surface area contributed by atoms with E-state index in [1.807, 2.05) is 17.8 Å². The van der Waals surface area contributed by atoms with E-state index in [-0.39, 0.29) is 0 Å². The SMILES string of the molecule is CCCC(C)C(O)c1cn(C)cn1. The topological polar surface area (TPSA) is 38.0 Å². The average Bonchev–Trinajstić information content (AvgIpc) is 2.51. The van der Waals surface area contributed by atoms with Crippen LogP contribution in [-0.4, -0.2) is 14.7 Å². The van der Waals surface area contributed by atoms with Crippen LogP contribution >= 0.6 is 0 Å². The number of imidazole rings is 1. The molecule has 3 heteroatoms. The summed E-state index contributed by atoms with van der Waals surface area (Å²) in [7, 11) is 1.91. The third-order valence-corrected chi connectivity index (χ3v) is 2.31. The van der Waals surface area contributed by atoms with Gasteiger partial charge in [-0.2, -0.15) is 0 Å². The Hall–Kier alpha value is -0.830. The molecule has 74 valence electrons. The van der Waals surface area contributed by atoms with Gasteiger partial charge in [-0.25, -0.2) is 4.98 Å². The Kier molecular flexibility index (Phi) is 3.48. The molecule has 1 N–H and O–H groups in total. The zero-order valence-electron chi connectivity index (χ0n) is 8.57. The molecule has 1 heterocycles. The molecule has 13 heavy (non-hydrogen) atoms. The van der Waals surface area contributed by atoms with Crippen molar-refractivity contribution in [2.24, 2.45) is 13.0 Å². The van der Waals surface area contributed by atoms with Crippen LogP contribution in [0.4, 0.5) is 0 Å². The zero-order valence-corrected chi connectivity index (χ0v) is 8.57. The third kappa shape index (κ3) is 2.56. The number of aromatic nitrogens is 2. The molecule has 0 saturated heterocycles. The van der Waals surface area contributed by atoms with Crippen molar-refractivity contribution in [1.82, 2.24) is 9.55 Å². The van der Waals surface area contributed by atoms with Crippen LogP contribution in [0.15, 0.2) is 12.5 Å². The first kappa shape index (κ1) is 10.3. The first-order valence-electron chi connectivity index (χ1n) is 4.81. The van der Waals surface area contributed by atoms with Gasteiger partial charge in [0.1, 0.15) is 6.10 Å². The minimum Gasteiger partial charge on any atom is -0.386 e. The summed E-state index contributed by atoms with van der Waals surface area (Å²) in [4.78, 5) is 4.13. The number of aliphatic hydroxyl groups excluding tert-OH is 1. The van der Waals surface area contributed by atoms with Crippen LogP contribution < -0.4 is 0 Å². The summed E-state index contributed by atoms with van der Waals surface area (Å²) in [6.07, 6.45) is 5.32. The van der Waals surface area contributed by atoms with Gasteiger partial charge in [-0.15, -0.1) is 0 Å². The summed E-state index contributed by atoms with van der Waals surface area (Å²) in [5.74, 6) is 0.292. The fourth-order valence-corrected chi connectivity index (χ4v) is 1.49. The van der Waals surface area contributed by atoms with Crippen LogP contribution in [0, 0.1) is 5.92 Å². The molecule has 0 bridgehead atoms. The van der Waals surface area contributed by atoms with Gasteiger partial charge in [0.25, 0.3) is 0 Å². The average molecular weight is 182 g/mol. The van der Waals surface area contributed by atoms with Gasteiger partial charge in [-0.05, 0) is 12.3 Å². The van der Waals surface area contributed by atoms with E-state index in [1.165, 1.54) is 0 Å². The fourth-order valence-electron chi connectivity index (χ4n) is 1.49. The van der Waals surface area contributed by atoms with Crippen LogP contribution in [0.2, 0.25) is 0 Å². The summed E-state index contributed by atoms with van der Waals surface area (Å²) in [5, 5.41) is 9.86. The largest absolute Gasteiger partial charge is 0.386 e. The minimum atomic E-state index is -0.416. The summed E-state index contributed by atoms with van der Waals surface area (Å²) >= 11 is 0. The Morgan fingerprint density at radius 2 is 2.31 bits per heavy atom. The van der Waals surface area contributed by atoms with E-state index >= 15 is 0 Å². The van der Waals surface area contributed by atoms with Crippen molar-refractivity contribution in [3.05, 3.63) is 18.2 Å². The van der Waals surface area contributed by atoms with Crippen LogP contribution in [0.25, 0.3) is 0 Å². The summed E-state index contributed by atoms with van der Waals surface area (Å²) in [5.41, 5.74) is 0.781. The normalized spacial score (nSPS) is 15.7. The molecule has 0 amide bonds. The maximum atomic E-state index is 9.86. The predicted molar refractivity (Wildman–Crippen MR) is 52.2 cm³/mol. The molecule has 1 aromatic rings. The number of hydrogen-bond donors (Lipinski definition) is 1. The van der Waals surface area contributed by atoms with Gasteiger partial charge < -0.3 is 9.67 Å². The molecular weight excluding hydrogens is 164 g/mol. The Balaban J connectivity index is 2.61. The van der Waals surface area contributed by atoms with E-state index in [1.54, 1.807) is 6.33 Å². The number of rotatable bonds is 4. The molecule has 0 aromatic carbocycles. The molecule has 0 aliphatic heterocycles. The van der Waals surface area contributed by atoms with Gasteiger partial charge in [-0.1, -0.05) is 20.3 Å². The molecule has 0 radical (unpaired) electrons. The lowest BCUT2D eigenvalue weighted by Crippen LogP contribution is -2.09. The highest BCUT2D eigenvalue weighted by Crippen LogP contribution is 2.23. The van der Waals surface area contributed by atoms with Gasteiger partial charge in [0.15, 0.2) is 0 Å². The van der Waals surface area contributed by atoms with E-state index < -0.39 is 6.10 Å². The van der Waals surface area contributed by atoms with E-state index in [4.69, 9.17) is 0 Å². The standard InChI is InChI=1S/C10H18N2O/c1-4-5-8(2)10(13)9-6-12(3)7-11-9/h6-8,10,13H,4-5H2,1-3H3. The van der Waals surface area contributed by atoms with Crippen LogP contribution in [-0.2, 0) is 7.05 Å². The van der Waals surface area contributed by atoms with Gasteiger partial charge >= 0.3 is 0 Å². The van der Waals surface area contributed by atoms with Crippen molar-refractivity contribution in [2.75, 3.05) is 0 Å². The lowest BCUT2D eigenvalue weighted by molar-refractivity contribution is 0.108. The van der Waals surface area contributed by atoms with Crippen LogP contribution in [0.1, 0.15) is 38.5 Å². The molecule has 0 spiro atoms. The van der Waals surface area contributed by atoms with E-state index in [2.05, 4.69) is 18.8 Å². The van der Waals surface area contributed by atoms with Crippen molar-refractivity contribution in [3.63, 3.8) is 0 Å². The van der Waals surface area contributed by atoms with Gasteiger partial charge in [0.2, 0.25) is 0 Å². The maximum Gasteiger partial charge on any atom is 0.100 e. The lowest BCUT2D eigenvalue weighted by Gasteiger charge is -2.15.